The first-order valence-electron chi connectivity index (χ1n) is 6.54. The van der Waals surface area contributed by atoms with E-state index in [0.717, 1.165) is 17.9 Å². The molecule has 3 amide bonds. The lowest BCUT2D eigenvalue weighted by molar-refractivity contribution is -0.533. The van der Waals surface area contributed by atoms with Crippen molar-refractivity contribution in [3.8, 4) is 0 Å². The van der Waals surface area contributed by atoms with Gasteiger partial charge in [-0.2, -0.15) is 0 Å². The Morgan fingerprint density at radius 2 is 1.95 bits per heavy atom. The molecule has 0 saturated carbocycles. The monoisotopic (exact) mass is 266 g/mol. The summed E-state index contributed by atoms with van der Waals surface area (Å²) in [4.78, 5) is 31.2. The Labute approximate surface area is 112 Å². The fourth-order valence-electron chi connectivity index (χ4n) is 2.31. The number of imide groups is 1. The summed E-state index contributed by atoms with van der Waals surface area (Å²) < 4.78 is 1.90. The highest BCUT2D eigenvalue weighted by molar-refractivity contribution is 6.22. The summed E-state index contributed by atoms with van der Waals surface area (Å²) in [6.07, 6.45) is 0.971. The molecular formula is C12H20N5O2+. The van der Waals surface area contributed by atoms with E-state index >= 15 is 0 Å². The molecule has 0 aliphatic carbocycles. The van der Waals surface area contributed by atoms with Crippen LogP contribution in [0.5, 0.6) is 0 Å². The number of rotatable bonds is 3. The Bertz CT molecular complexity index is 483. The topological polar surface area (TPSA) is 68.0 Å². The van der Waals surface area contributed by atoms with Gasteiger partial charge in [0.1, 0.15) is 0 Å². The van der Waals surface area contributed by atoms with Gasteiger partial charge in [-0.3, -0.25) is 19.9 Å². The minimum absolute atomic E-state index is 0.225. The number of nitrogens with one attached hydrogen (secondary N) is 1. The Balaban J connectivity index is 2.38. The van der Waals surface area contributed by atoms with Gasteiger partial charge in [0.25, 0.3) is 5.91 Å². The maximum Gasteiger partial charge on any atom is 0.390 e. The van der Waals surface area contributed by atoms with Gasteiger partial charge in [-0.25, -0.2) is 9.37 Å². The average Bonchev–Trinajstić information content (AvgIpc) is 2.79. The lowest BCUT2D eigenvalue weighted by atomic mass is 10.1. The molecule has 0 radical (unpaired) electrons. The molecule has 7 heteroatoms. The molecule has 104 valence electrons. The first-order valence-corrected chi connectivity index (χ1v) is 6.54. The van der Waals surface area contributed by atoms with E-state index in [4.69, 9.17) is 0 Å². The Hall–Kier alpha value is -1.92. The van der Waals surface area contributed by atoms with Crippen molar-refractivity contribution in [3.63, 3.8) is 0 Å². The number of nitrogens with zero attached hydrogens (tertiary/aromatic N) is 4. The lowest BCUT2D eigenvalue weighted by Gasteiger charge is -2.31. The number of hydrogen-bond donors (Lipinski definition) is 1. The molecule has 0 bridgehead atoms. The van der Waals surface area contributed by atoms with Crippen LogP contribution in [-0.4, -0.2) is 71.3 Å². The predicted octanol–water partition coefficient (Wildman–Crippen LogP) is -0.321. The highest BCUT2D eigenvalue weighted by Crippen LogP contribution is 2.17. The summed E-state index contributed by atoms with van der Waals surface area (Å²) in [6, 6.07) is -0.829. The molecule has 2 aliphatic rings. The van der Waals surface area contributed by atoms with Gasteiger partial charge in [-0.05, 0) is 13.3 Å². The molecule has 0 aromatic rings. The molecule has 2 aliphatic heterocycles. The van der Waals surface area contributed by atoms with Crippen molar-refractivity contribution in [3.05, 3.63) is 0 Å². The number of carbonyl (C=O) groups excluding carboxylic acids is 2. The van der Waals surface area contributed by atoms with Gasteiger partial charge >= 0.3 is 12.0 Å². The predicted molar refractivity (Wildman–Crippen MR) is 71.3 cm³/mol. The summed E-state index contributed by atoms with van der Waals surface area (Å²) in [5.41, 5.74) is 0. The number of aliphatic imine (C=N–C) groups is 1. The number of amides is 3. The van der Waals surface area contributed by atoms with Gasteiger partial charge in [0, 0.05) is 14.1 Å². The molecule has 1 fully saturated rings. The van der Waals surface area contributed by atoms with Crippen LogP contribution in [0.3, 0.4) is 0 Å². The molecule has 1 unspecified atom stereocenters. The third-order valence-corrected chi connectivity index (χ3v) is 3.40. The smallest absolute Gasteiger partial charge is 0.275 e. The van der Waals surface area contributed by atoms with Crippen LogP contribution in [0.15, 0.2) is 4.99 Å². The van der Waals surface area contributed by atoms with E-state index in [1.807, 2.05) is 11.5 Å². The highest BCUT2D eigenvalue weighted by Gasteiger charge is 2.50. The van der Waals surface area contributed by atoms with Crippen molar-refractivity contribution in [2.75, 3.05) is 27.2 Å². The van der Waals surface area contributed by atoms with E-state index in [9.17, 15) is 9.59 Å². The lowest BCUT2D eigenvalue weighted by Crippen LogP contribution is -2.61. The fourth-order valence-corrected chi connectivity index (χ4v) is 2.31. The van der Waals surface area contributed by atoms with E-state index in [1.165, 1.54) is 11.9 Å². The summed E-state index contributed by atoms with van der Waals surface area (Å²) in [7, 11) is 3.15. The largest absolute Gasteiger partial charge is 0.390 e. The molecule has 0 aromatic heterocycles. The van der Waals surface area contributed by atoms with Crippen LogP contribution in [0.2, 0.25) is 0 Å². The third kappa shape index (κ3) is 1.98. The fraction of sp³-hybridized carbons (Fsp3) is 0.667. The Kier molecular flexibility index (Phi) is 3.55. The van der Waals surface area contributed by atoms with Gasteiger partial charge in [0.2, 0.25) is 11.9 Å². The second-order valence-electron chi connectivity index (χ2n) is 4.65. The van der Waals surface area contributed by atoms with Crippen LogP contribution in [-0.2, 0) is 4.79 Å². The van der Waals surface area contributed by atoms with Gasteiger partial charge < -0.3 is 0 Å². The van der Waals surface area contributed by atoms with E-state index in [0.29, 0.717) is 18.3 Å². The molecule has 2 rings (SSSR count). The molecule has 19 heavy (non-hydrogen) atoms. The SMILES string of the molecule is CCCNC1=[N+](CC)C2C(=O)N(C)C(=O)N(C)C2=N1. The minimum Gasteiger partial charge on any atom is -0.275 e. The Morgan fingerprint density at radius 1 is 1.26 bits per heavy atom. The minimum atomic E-state index is -0.489. The van der Waals surface area contributed by atoms with Crippen molar-refractivity contribution in [2.24, 2.45) is 4.99 Å². The number of likely N-dealkylation sites (N-methyl/N-ethyl adjacent to an activating group) is 3. The Morgan fingerprint density at radius 3 is 2.53 bits per heavy atom. The van der Waals surface area contributed by atoms with Crippen molar-refractivity contribution in [1.29, 1.82) is 0 Å². The van der Waals surface area contributed by atoms with Crippen LogP contribution >= 0.6 is 0 Å². The second kappa shape index (κ2) is 4.99. The molecule has 1 N–H and O–H groups in total. The number of fused-ring (bicyclic) bond motifs is 1. The van der Waals surface area contributed by atoms with Gasteiger partial charge in [-0.1, -0.05) is 11.9 Å². The van der Waals surface area contributed by atoms with Crippen LogP contribution in [0.4, 0.5) is 4.79 Å². The normalized spacial score (nSPS) is 22.9. The summed E-state index contributed by atoms with van der Waals surface area (Å²) in [6.45, 7) is 5.48. The zero-order valence-corrected chi connectivity index (χ0v) is 11.8. The number of urea groups is 1. The van der Waals surface area contributed by atoms with E-state index in [2.05, 4.69) is 17.2 Å². The van der Waals surface area contributed by atoms with Crippen LogP contribution in [0, 0.1) is 0 Å². The maximum absolute atomic E-state index is 12.3. The van der Waals surface area contributed by atoms with Crippen LogP contribution < -0.4 is 5.32 Å². The van der Waals surface area contributed by atoms with Gasteiger partial charge in [0.15, 0.2) is 0 Å². The highest BCUT2D eigenvalue weighted by atomic mass is 16.2. The summed E-state index contributed by atoms with van der Waals surface area (Å²) in [5.74, 6) is 0.957. The average molecular weight is 266 g/mol. The third-order valence-electron chi connectivity index (χ3n) is 3.40. The first-order chi connectivity index (χ1) is 9.02. The second-order valence-corrected chi connectivity index (χ2v) is 4.65. The van der Waals surface area contributed by atoms with Crippen molar-refractivity contribution >= 4 is 23.7 Å². The van der Waals surface area contributed by atoms with Crippen LogP contribution in [0.25, 0.3) is 0 Å². The number of carbonyl (C=O) groups is 2. The van der Waals surface area contributed by atoms with E-state index < -0.39 is 6.04 Å². The quantitative estimate of drug-likeness (QED) is 0.712. The van der Waals surface area contributed by atoms with Crippen LogP contribution in [0.1, 0.15) is 20.3 Å². The zero-order valence-electron chi connectivity index (χ0n) is 11.8. The van der Waals surface area contributed by atoms with Gasteiger partial charge in [0.05, 0.1) is 13.1 Å². The first kappa shape index (κ1) is 13.5. The molecule has 0 spiro atoms. The van der Waals surface area contributed by atoms with Crippen molar-refractivity contribution in [1.82, 2.24) is 15.1 Å². The summed E-state index contributed by atoms with van der Waals surface area (Å²) >= 11 is 0. The summed E-state index contributed by atoms with van der Waals surface area (Å²) in [5, 5.41) is 3.21. The molecule has 1 saturated heterocycles. The van der Waals surface area contributed by atoms with E-state index in [1.54, 1.807) is 7.05 Å². The number of amidine groups is 1. The standard InChI is InChI=1S/C12H19N5O2/c1-5-7-13-11-14-9-8(17(11)6-2)10(18)16(4)12(19)15(9)3/h8H,5-7H2,1-4H3/p+1. The van der Waals surface area contributed by atoms with E-state index in [-0.39, 0.29) is 11.9 Å². The van der Waals surface area contributed by atoms with Crippen molar-refractivity contribution < 1.29 is 14.2 Å². The molecule has 7 nitrogen and oxygen atoms in total. The molecule has 2 heterocycles. The van der Waals surface area contributed by atoms with Gasteiger partial charge in [-0.15, -0.1) is 0 Å². The zero-order chi connectivity index (χ0) is 14.2. The number of guanidine groups is 1. The number of hydrogen-bond acceptors (Lipinski definition) is 4. The molecular weight excluding hydrogens is 246 g/mol. The molecule has 0 aromatic carbocycles. The maximum atomic E-state index is 12.3. The molecule has 1 atom stereocenters. The van der Waals surface area contributed by atoms with Crippen molar-refractivity contribution in [2.45, 2.75) is 26.3 Å².